The van der Waals surface area contributed by atoms with Gasteiger partial charge in [0, 0.05) is 17.3 Å². The second kappa shape index (κ2) is 9.53. The largest absolute Gasteiger partial charge is 0.399 e. The molecule has 0 heterocycles. The Labute approximate surface area is 185 Å². The number of hydrogen-bond acceptors (Lipinski definition) is 2. The summed E-state index contributed by atoms with van der Waals surface area (Å²) in [5.74, 6) is 0.413. The highest BCUT2D eigenvalue weighted by atomic mass is 14.5. The van der Waals surface area contributed by atoms with E-state index < -0.39 is 0 Å². The van der Waals surface area contributed by atoms with Crippen molar-refractivity contribution < 1.29 is 0 Å². The first-order chi connectivity index (χ1) is 15.1. The fraction of sp³-hybridized carbons (Fsp3) is 0.172. The van der Waals surface area contributed by atoms with Crippen molar-refractivity contribution in [2.24, 2.45) is 0 Å². The first-order valence-electron chi connectivity index (χ1n) is 11.0. The molecule has 0 spiro atoms. The SMILES string of the molecule is CCC(c1ccc(Cc2ccc(N)cc2)cc1)c1ccc(Cc2ccc(N)cc2)cc1. The Hall–Kier alpha value is -3.52. The van der Waals surface area contributed by atoms with E-state index in [9.17, 15) is 0 Å². The number of hydrogen-bond donors (Lipinski definition) is 2. The van der Waals surface area contributed by atoms with Crippen molar-refractivity contribution in [3.63, 3.8) is 0 Å². The van der Waals surface area contributed by atoms with Crippen molar-refractivity contribution in [1.29, 1.82) is 0 Å². The molecule has 0 bridgehead atoms. The molecule has 0 aromatic heterocycles. The third-order valence-electron chi connectivity index (χ3n) is 5.95. The summed E-state index contributed by atoms with van der Waals surface area (Å²) in [5, 5.41) is 0. The Morgan fingerprint density at radius 1 is 0.484 bits per heavy atom. The third-order valence-corrected chi connectivity index (χ3v) is 5.95. The van der Waals surface area contributed by atoms with Crippen LogP contribution >= 0.6 is 0 Å². The Kier molecular flexibility index (Phi) is 6.37. The van der Waals surface area contributed by atoms with Gasteiger partial charge in [-0.05, 0) is 76.9 Å². The molecule has 0 unspecified atom stereocenters. The summed E-state index contributed by atoms with van der Waals surface area (Å²) in [6.07, 6.45) is 2.93. The fourth-order valence-corrected chi connectivity index (χ4v) is 4.14. The highest BCUT2D eigenvalue weighted by Crippen LogP contribution is 2.29. The number of rotatable bonds is 7. The molecule has 4 aromatic rings. The standard InChI is InChI=1S/C29H30N2/c1-2-29(25-11-3-21(4-12-25)19-23-7-15-27(30)16-8-23)26-13-5-22(6-14-26)20-24-9-17-28(31)18-10-24/h3-18,29H,2,19-20,30-31H2,1H3. The van der Waals surface area contributed by atoms with E-state index in [0.717, 1.165) is 30.6 Å². The smallest absolute Gasteiger partial charge is 0.0314 e. The van der Waals surface area contributed by atoms with Gasteiger partial charge in [0.15, 0.2) is 0 Å². The van der Waals surface area contributed by atoms with E-state index in [1.807, 2.05) is 24.3 Å². The van der Waals surface area contributed by atoms with Crippen molar-refractivity contribution in [3.05, 3.63) is 130 Å². The summed E-state index contributed by atoms with van der Waals surface area (Å²) in [7, 11) is 0. The van der Waals surface area contributed by atoms with Crippen LogP contribution < -0.4 is 11.5 Å². The zero-order valence-corrected chi connectivity index (χ0v) is 18.1. The van der Waals surface area contributed by atoms with Gasteiger partial charge in [0.1, 0.15) is 0 Å². The van der Waals surface area contributed by atoms with E-state index in [2.05, 4.69) is 79.7 Å². The van der Waals surface area contributed by atoms with Crippen LogP contribution in [0.1, 0.15) is 52.6 Å². The monoisotopic (exact) mass is 406 g/mol. The van der Waals surface area contributed by atoms with E-state index in [-0.39, 0.29) is 0 Å². The molecule has 0 saturated heterocycles. The van der Waals surface area contributed by atoms with Crippen LogP contribution in [-0.4, -0.2) is 0 Å². The van der Waals surface area contributed by atoms with Crippen molar-refractivity contribution >= 4 is 11.4 Å². The summed E-state index contributed by atoms with van der Waals surface area (Å²) in [4.78, 5) is 0. The Balaban J connectivity index is 1.45. The number of nitrogens with two attached hydrogens (primary N) is 2. The summed E-state index contributed by atoms with van der Waals surface area (Å²) < 4.78 is 0. The zero-order valence-electron chi connectivity index (χ0n) is 18.1. The van der Waals surface area contributed by atoms with Gasteiger partial charge in [-0.1, -0.05) is 79.7 Å². The predicted octanol–water partition coefficient (Wildman–Crippen LogP) is 6.57. The maximum absolute atomic E-state index is 5.79. The lowest BCUT2D eigenvalue weighted by Gasteiger charge is -2.17. The molecule has 4 aromatic carbocycles. The number of benzene rings is 4. The van der Waals surface area contributed by atoms with Gasteiger partial charge in [0.2, 0.25) is 0 Å². The van der Waals surface area contributed by atoms with Crippen LogP contribution in [-0.2, 0) is 12.8 Å². The first kappa shape index (κ1) is 20.7. The minimum Gasteiger partial charge on any atom is -0.399 e. The summed E-state index contributed by atoms with van der Waals surface area (Å²) in [6, 6.07) is 34.4. The van der Waals surface area contributed by atoms with Crippen LogP contribution in [0.25, 0.3) is 0 Å². The molecule has 0 fully saturated rings. The molecule has 0 saturated carbocycles. The molecule has 0 atom stereocenters. The third kappa shape index (κ3) is 5.35. The van der Waals surface area contributed by atoms with Gasteiger partial charge < -0.3 is 11.5 Å². The molecule has 0 aliphatic heterocycles. The topological polar surface area (TPSA) is 52.0 Å². The van der Waals surface area contributed by atoms with Crippen LogP contribution in [0.15, 0.2) is 97.1 Å². The molecule has 2 nitrogen and oxygen atoms in total. The fourth-order valence-electron chi connectivity index (χ4n) is 4.14. The molecule has 156 valence electrons. The summed E-state index contributed by atoms with van der Waals surface area (Å²) in [6.45, 7) is 2.26. The van der Waals surface area contributed by atoms with Gasteiger partial charge in [-0.15, -0.1) is 0 Å². The van der Waals surface area contributed by atoms with Gasteiger partial charge in [-0.3, -0.25) is 0 Å². The lowest BCUT2D eigenvalue weighted by atomic mass is 9.87. The molecular weight excluding hydrogens is 376 g/mol. The van der Waals surface area contributed by atoms with Gasteiger partial charge in [0.05, 0.1) is 0 Å². The first-order valence-corrected chi connectivity index (χ1v) is 11.0. The normalized spacial score (nSPS) is 11.0. The lowest BCUT2D eigenvalue weighted by molar-refractivity contribution is 0.776. The zero-order chi connectivity index (χ0) is 21.6. The van der Waals surface area contributed by atoms with E-state index in [1.165, 1.54) is 33.4 Å². The molecule has 0 aliphatic rings. The highest BCUT2D eigenvalue weighted by Gasteiger charge is 2.12. The van der Waals surface area contributed by atoms with E-state index in [1.54, 1.807) is 0 Å². The van der Waals surface area contributed by atoms with Crippen LogP contribution in [0, 0.1) is 0 Å². The molecule has 4 rings (SSSR count). The molecule has 0 aliphatic carbocycles. The lowest BCUT2D eigenvalue weighted by Crippen LogP contribution is -2.01. The number of anilines is 2. The average Bonchev–Trinajstić information content (AvgIpc) is 2.80. The minimum absolute atomic E-state index is 0.413. The van der Waals surface area contributed by atoms with Crippen molar-refractivity contribution in [2.45, 2.75) is 32.1 Å². The Bertz CT molecular complexity index is 1000. The van der Waals surface area contributed by atoms with Gasteiger partial charge in [-0.2, -0.15) is 0 Å². The van der Waals surface area contributed by atoms with Gasteiger partial charge in [0.25, 0.3) is 0 Å². The second-order valence-corrected chi connectivity index (χ2v) is 8.28. The van der Waals surface area contributed by atoms with E-state index in [4.69, 9.17) is 11.5 Å². The molecular formula is C29H30N2. The molecule has 31 heavy (non-hydrogen) atoms. The maximum atomic E-state index is 5.79. The molecule has 0 radical (unpaired) electrons. The molecule has 2 heteroatoms. The molecule has 0 amide bonds. The maximum Gasteiger partial charge on any atom is 0.0314 e. The van der Waals surface area contributed by atoms with Crippen LogP contribution in [0.3, 0.4) is 0 Å². The highest BCUT2D eigenvalue weighted by molar-refractivity contribution is 5.43. The van der Waals surface area contributed by atoms with Crippen molar-refractivity contribution in [3.8, 4) is 0 Å². The van der Waals surface area contributed by atoms with Crippen LogP contribution in [0.4, 0.5) is 11.4 Å². The van der Waals surface area contributed by atoms with Crippen molar-refractivity contribution in [2.75, 3.05) is 11.5 Å². The average molecular weight is 407 g/mol. The number of nitrogen functional groups attached to an aromatic ring is 2. The Morgan fingerprint density at radius 2 is 0.774 bits per heavy atom. The quantitative estimate of drug-likeness (QED) is 0.341. The summed E-state index contributed by atoms with van der Waals surface area (Å²) >= 11 is 0. The predicted molar refractivity (Wildman–Crippen MR) is 132 cm³/mol. The van der Waals surface area contributed by atoms with Crippen molar-refractivity contribution in [1.82, 2.24) is 0 Å². The van der Waals surface area contributed by atoms with E-state index >= 15 is 0 Å². The van der Waals surface area contributed by atoms with Crippen LogP contribution in [0.2, 0.25) is 0 Å². The molecule has 4 N–H and O–H groups in total. The van der Waals surface area contributed by atoms with Gasteiger partial charge in [-0.25, -0.2) is 0 Å². The van der Waals surface area contributed by atoms with Gasteiger partial charge >= 0.3 is 0 Å². The minimum atomic E-state index is 0.413. The summed E-state index contributed by atoms with van der Waals surface area (Å²) in [5.41, 5.74) is 21.2. The van der Waals surface area contributed by atoms with Crippen LogP contribution in [0.5, 0.6) is 0 Å². The van der Waals surface area contributed by atoms with E-state index in [0.29, 0.717) is 5.92 Å². The second-order valence-electron chi connectivity index (χ2n) is 8.28. The Morgan fingerprint density at radius 3 is 1.06 bits per heavy atom.